The van der Waals surface area contributed by atoms with E-state index in [1.807, 2.05) is 26.8 Å². The number of rotatable bonds is 3. The van der Waals surface area contributed by atoms with Crippen LogP contribution in [0.25, 0.3) is 0 Å². The van der Waals surface area contributed by atoms with E-state index in [9.17, 15) is 4.79 Å². The van der Waals surface area contributed by atoms with Crippen LogP contribution in [0.3, 0.4) is 0 Å². The second-order valence-corrected chi connectivity index (χ2v) is 16.7. The van der Waals surface area contributed by atoms with Gasteiger partial charge >= 0.3 is 111 Å². The predicted molar refractivity (Wildman–Crippen MR) is 67.6 cm³/mol. The molecule has 5 heteroatoms. The van der Waals surface area contributed by atoms with Crippen LogP contribution < -0.4 is 5.32 Å². The molecule has 1 amide bonds. The van der Waals surface area contributed by atoms with E-state index in [0.29, 0.717) is 0 Å². The molecule has 0 bridgehead atoms. The van der Waals surface area contributed by atoms with Crippen molar-refractivity contribution >= 4 is 20.8 Å². The Morgan fingerprint density at radius 2 is 2.19 bits per heavy atom. The summed E-state index contributed by atoms with van der Waals surface area (Å²) in [6.45, 7) is 8.12. The average Bonchev–Trinajstić information content (AvgIpc) is 2.66. The Hall–Kier alpha value is 0.171. The molecule has 0 aromatic carbocycles. The van der Waals surface area contributed by atoms with Crippen molar-refractivity contribution in [3.63, 3.8) is 0 Å². The molecule has 0 aromatic rings. The summed E-state index contributed by atoms with van der Waals surface area (Å²) in [7, 11) is 6.17. The van der Waals surface area contributed by atoms with E-state index in [2.05, 4.69) is 24.0 Å². The van der Waals surface area contributed by atoms with E-state index in [4.69, 9.17) is 9.30 Å². The summed E-state index contributed by atoms with van der Waals surface area (Å²) in [5.74, 6) is -2.06. The molecule has 16 heavy (non-hydrogen) atoms. The topological polar surface area (TPSA) is 29.1 Å². The van der Waals surface area contributed by atoms with E-state index >= 15 is 0 Å². The van der Waals surface area contributed by atoms with E-state index in [-0.39, 0.29) is 11.1 Å². The molecule has 0 aromatic heterocycles. The van der Waals surface area contributed by atoms with Gasteiger partial charge in [0, 0.05) is 0 Å². The number of carbonyl (C=O) groups is 1. The molecule has 2 nitrogen and oxygen atoms in total. The molecular formula is C11H18ClNOSiTi. The predicted octanol–water partition coefficient (Wildman–Crippen LogP) is 3.31. The number of nitrogens with one attached hydrogen (secondary N) is 1. The van der Waals surface area contributed by atoms with Gasteiger partial charge in [-0.05, 0) is 0 Å². The molecule has 0 saturated carbocycles. The van der Waals surface area contributed by atoms with Gasteiger partial charge in [-0.3, -0.25) is 0 Å². The number of carbonyl (C=O) groups excluding carboxylic acids is 1. The van der Waals surface area contributed by atoms with Crippen molar-refractivity contribution < 1.29 is 22.1 Å². The van der Waals surface area contributed by atoms with Crippen molar-refractivity contribution in [3.05, 3.63) is 23.4 Å². The molecule has 1 atom stereocenters. The molecule has 1 aliphatic carbocycles. The third-order valence-electron chi connectivity index (χ3n) is 2.55. The molecule has 88 valence electrons. The first kappa shape index (κ1) is 14.2. The van der Waals surface area contributed by atoms with Crippen molar-refractivity contribution in [2.45, 2.75) is 39.3 Å². The fourth-order valence-corrected chi connectivity index (χ4v) is 8.31. The van der Waals surface area contributed by atoms with Crippen molar-refractivity contribution in [1.82, 2.24) is 5.32 Å². The van der Waals surface area contributed by atoms with Gasteiger partial charge in [-0.25, -0.2) is 0 Å². The number of allylic oxidation sites excluding steroid dienone is 4. The Morgan fingerprint density at radius 1 is 1.56 bits per heavy atom. The first-order valence-electron chi connectivity index (χ1n) is 5.36. The Morgan fingerprint density at radius 3 is 2.56 bits per heavy atom. The summed E-state index contributed by atoms with van der Waals surface area (Å²) in [6, 6.07) is 0. The molecule has 1 N–H and O–H groups in total. The molecule has 0 aliphatic heterocycles. The molecule has 1 unspecified atom stereocenters. The number of hydrogen-bond acceptors (Lipinski definition) is 1. The van der Waals surface area contributed by atoms with Crippen molar-refractivity contribution in [2.24, 2.45) is 0 Å². The Labute approximate surface area is 111 Å². The van der Waals surface area contributed by atoms with Gasteiger partial charge in [0.15, 0.2) is 0 Å². The summed E-state index contributed by atoms with van der Waals surface area (Å²) >= 11 is -0.696. The van der Waals surface area contributed by atoms with Gasteiger partial charge in [-0.15, -0.1) is 0 Å². The molecule has 0 saturated heterocycles. The standard InChI is InChI=1S/C11H18NOSi.ClH.Ti/c1-11(2,3)12-10(13)14(4)9-7-5-6-8-9;;/h5-7H,8H2,1-4H3,(H,12,13);1H;/q;;+1/p-1. The molecule has 0 radical (unpaired) electrons. The minimum atomic E-state index is -2.06. The quantitative estimate of drug-likeness (QED) is 0.794. The summed E-state index contributed by atoms with van der Waals surface area (Å²) < 4.78 is 0. The van der Waals surface area contributed by atoms with Crippen LogP contribution in [0.2, 0.25) is 6.55 Å². The summed E-state index contributed by atoms with van der Waals surface area (Å²) in [6.07, 6.45) is 7.13. The zero-order chi connectivity index (χ0) is 12.4. The van der Waals surface area contributed by atoms with Gasteiger partial charge in [-0.2, -0.15) is 0 Å². The summed E-state index contributed by atoms with van der Waals surface area (Å²) in [5.41, 5.74) is 0.0285. The molecule has 0 heterocycles. The van der Waals surface area contributed by atoms with Gasteiger partial charge in [0.2, 0.25) is 0 Å². The summed E-state index contributed by atoms with van der Waals surface area (Å²) in [5, 5.41) is 4.37. The zero-order valence-corrected chi connectivity index (χ0v) is 13.5. The Bertz CT molecular complexity index is 348. The van der Waals surface area contributed by atoms with Crippen LogP contribution in [-0.2, 0) is 17.3 Å². The molecule has 0 fully saturated rings. The second kappa shape index (κ2) is 5.21. The SMILES string of the molecule is CC(C)(C)NC(=O)[Si](C)([Ti][Cl])C1=CC=CC1. The molecule has 0 spiro atoms. The van der Waals surface area contributed by atoms with Crippen LogP contribution in [-0.4, -0.2) is 17.0 Å². The Balaban J connectivity index is 2.84. The maximum atomic E-state index is 12.3. The van der Waals surface area contributed by atoms with Crippen LogP contribution in [0.1, 0.15) is 27.2 Å². The number of amides is 1. The van der Waals surface area contributed by atoms with E-state index in [1.54, 1.807) is 0 Å². The van der Waals surface area contributed by atoms with Crippen LogP contribution in [0, 0.1) is 0 Å². The molecule has 1 rings (SSSR count). The molecule has 1 aliphatic rings. The number of hydrogen-bond donors (Lipinski definition) is 1. The average molecular weight is 292 g/mol. The monoisotopic (exact) mass is 291 g/mol. The van der Waals surface area contributed by atoms with Crippen molar-refractivity contribution in [2.75, 3.05) is 0 Å². The fourth-order valence-electron chi connectivity index (χ4n) is 1.53. The van der Waals surface area contributed by atoms with Gasteiger partial charge in [0.1, 0.15) is 0 Å². The first-order valence-corrected chi connectivity index (χ1v) is 12.4. The van der Waals surface area contributed by atoms with Crippen LogP contribution >= 0.6 is 9.30 Å². The van der Waals surface area contributed by atoms with Crippen molar-refractivity contribution in [1.29, 1.82) is 0 Å². The minimum absolute atomic E-state index is 0.170. The van der Waals surface area contributed by atoms with Crippen LogP contribution in [0.4, 0.5) is 4.79 Å². The summed E-state index contributed by atoms with van der Waals surface area (Å²) in [4.78, 5) is 12.3. The Kier molecular flexibility index (Phi) is 4.64. The normalized spacial score (nSPS) is 18.9. The number of halogens is 1. The van der Waals surface area contributed by atoms with Gasteiger partial charge < -0.3 is 0 Å². The van der Waals surface area contributed by atoms with Crippen molar-refractivity contribution in [3.8, 4) is 0 Å². The van der Waals surface area contributed by atoms with Gasteiger partial charge in [0.25, 0.3) is 0 Å². The zero-order valence-electron chi connectivity index (χ0n) is 10.2. The third-order valence-corrected chi connectivity index (χ3v) is 14.6. The maximum absolute atomic E-state index is 12.3. The fraction of sp³-hybridized carbons (Fsp3) is 0.545. The van der Waals surface area contributed by atoms with Gasteiger partial charge in [0.05, 0.1) is 0 Å². The van der Waals surface area contributed by atoms with Crippen LogP contribution in [0.15, 0.2) is 23.4 Å². The second-order valence-electron chi connectivity index (χ2n) is 5.25. The van der Waals surface area contributed by atoms with E-state index in [1.165, 1.54) is 5.20 Å². The van der Waals surface area contributed by atoms with Crippen LogP contribution in [0.5, 0.6) is 0 Å². The first-order chi connectivity index (χ1) is 7.29. The van der Waals surface area contributed by atoms with E-state index < -0.39 is 23.3 Å². The molecular weight excluding hydrogens is 274 g/mol. The van der Waals surface area contributed by atoms with E-state index in [0.717, 1.165) is 6.42 Å². The third kappa shape index (κ3) is 3.33. The van der Waals surface area contributed by atoms with Gasteiger partial charge in [-0.1, -0.05) is 0 Å².